The van der Waals surface area contributed by atoms with E-state index in [4.69, 9.17) is 5.11 Å². The summed E-state index contributed by atoms with van der Waals surface area (Å²) in [6.07, 6.45) is 3.99. The molecule has 0 radical (unpaired) electrons. The van der Waals surface area contributed by atoms with Crippen LogP contribution in [-0.4, -0.2) is 16.3 Å². The molecule has 2 nitrogen and oxygen atoms in total. The van der Waals surface area contributed by atoms with Gasteiger partial charge in [-0.15, -0.1) is 0 Å². The molecule has 2 N–H and O–H groups in total. The molecule has 1 aromatic rings. The normalized spacial score (nSPS) is 13.5. The number of aliphatic hydroxyl groups excluding tert-OH is 2. The lowest BCUT2D eigenvalue weighted by atomic mass is 10.1. The topological polar surface area (TPSA) is 40.5 Å². The molecular weight excluding hydrogens is 200 g/mol. The van der Waals surface area contributed by atoms with Gasteiger partial charge in [0.1, 0.15) is 0 Å². The van der Waals surface area contributed by atoms with Gasteiger partial charge in [0.05, 0.1) is 11.9 Å². The van der Waals surface area contributed by atoms with Crippen molar-refractivity contribution in [3.05, 3.63) is 53.8 Å². The average Bonchev–Trinajstić information content (AvgIpc) is 2.26. The van der Waals surface area contributed by atoms with Crippen LogP contribution in [0.4, 0.5) is 0 Å². The highest BCUT2D eigenvalue weighted by Crippen LogP contribution is 2.10. The van der Waals surface area contributed by atoms with E-state index in [2.05, 4.69) is 6.58 Å². The maximum absolute atomic E-state index is 9.47. The van der Waals surface area contributed by atoms with Crippen LogP contribution in [0.2, 0.25) is 0 Å². The summed E-state index contributed by atoms with van der Waals surface area (Å²) in [4.78, 5) is 0. The minimum atomic E-state index is -0.594. The molecule has 0 fully saturated rings. The molecule has 0 saturated carbocycles. The fourth-order valence-electron chi connectivity index (χ4n) is 1.45. The number of aliphatic hydroxyl groups is 2. The third-order valence-electron chi connectivity index (χ3n) is 2.32. The monoisotopic (exact) mass is 218 g/mol. The summed E-state index contributed by atoms with van der Waals surface area (Å²) in [6, 6.07) is 8.04. The van der Waals surface area contributed by atoms with Crippen molar-refractivity contribution in [1.29, 1.82) is 0 Å². The van der Waals surface area contributed by atoms with Gasteiger partial charge in [-0.1, -0.05) is 36.9 Å². The minimum Gasteiger partial charge on any atom is -0.513 e. The van der Waals surface area contributed by atoms with Crippen molar-refractivity contribution in [2.45, 2.75) is 25.9 Å². The lowest BCUT2D eigenvalue weighted by Gasteiger charge is -2.03. The van der Waals surface area contributed by atoms with E-state index in [1.54, 1.807) is 13.0 Å². The van der Waals surface area contributed by atoms with E-state index >= 15 is 0 Å². The van der Waals surface area contributed by atoms with Crippen LogP contribution >= 0.6 is 0 Å². The molecule has 2 heteroatoms. The lowest BCUT2D eigenvalue weighted by molar-refractivity contribution is 0.235. The van der Waals surface area contributed by atoms with E-state index in [9.17, 15) is 5.11 Å². The van der Waals surface area contributed by atoms with E-state index in [-0.39, 0.29) is 5.76 Å². The second-order valence-electron chi connectivity index (χ2n) is 3.84. The zero-order chi connectivity index (χ0) is 12.0. The minimum absolute atomic E-state index is 0.239. The Morgan fingerprint density at radius 3 is 2.50 bits per heavy atom. The smallest absolute Gasteiger partial charge is 0.0911 e. The Labute approximate surface area is 96.6 Å². The summed E-state index contributed by atoms with van der Waals surface area (Å²) >= 11 is 0. The molecule has 1 atom stereocenters. The number of hydrogen-bond acceptors (Lipinski definition) is 2. The van der Waals surface area contributed by atoms with E-state index in [1.165, 1.54) is 6.08 Å². The first-order chi connectivity index (χ1) is 7.61. The molecule has 0 amide bonds. The van der Waals surface area contributed by atoms with Gasteiger partial charge in [0.25, 0.3) is 0 Å². The van der Waals surface area contributed by atoms with Crippen LogP contribution in [0, 0.1) is 0 Å². The van der Waals surface area contributed by atoms with Crippen LogP contribution in [0.3, 0.4) is 0 Å². The third kappa shape index (κ3) is 4.32. The van der Waals surface area contributed by atoms with Gasteiger partial charge in [-0.25, -0.2) is 0 Å². The quantitative estimate of drug-likeness (QED) is 0.746. The largest absolute Gasteiger partial charge is 0.513 e. The van der Waals surface area contributed by atoms with Crippen LogP contribution in [-0.2, 0) is 6.42 Å². The Balaban J connectivity index is 2.51. The molecule has 0 aliphatic heterocycles. The first-order valence-corrected chi connectivity index (χ1v) is 5.41. The van der Waals surface area contributed by atoms with Crippen molar-refractivity contribution < 1.29 is 10.2 Å². The standard InChI is InChI=1S/C14H18O2/c1-3-12-4-6-13(7-5-12)8-9-14(16)10-11(2)15/h3-7,10-11,15-16H,1,8-9H2,2H3/b14-10-. The van der Waals surface area contributed by atoms with Gasteiger partial charge in [-0.2, -0.15) is 0 Å². The summed E-state index contributed by atoms with van der Waals surface area (Å²) in [5.74, 6) is 0.239. The van der Waals surface area contributed by atoms with Gasteiger partial charge >= 0.3 is 0 Å². The Morgan fingerprint density at radius 1 is 1.38 bits per heavy atom. The van der Waals surface area contributed by atoms with Gasteiger partial charge in [0.15, 0.2) is 0 Å². The molecule has 0 spiro atoms. The van der Waals surface area contributed by atoms with Crippen molar-refractivity contribution >= 4 is 6.08 Å². The highest BCUT2D eigenvalue weighted by Gasteiger charge is 1.98. The van der Waals surface area contributed by atoms with Crippen molar-refractivity contribution in [3.63, 3.8) is 0 Å². The van der Waals surface area contributed by atoms with E-state index in [0.29, 0.717) is 6.42 Å². The predicted molar refractivity (Wildman–Crippen MR) is 67.2 cm³/mol. The molecule has 0 bridgehead atoms. The van der Waals surface area contributed by atoms with Crippen LogP contribution in [0.15, 0.2) is 42.7 Å². The van der Waals surface area contributed by atoms with Gasteiger partial charge in [-0.05, 0) is 30.5 Å². The Kier molecular flexibility index (Phi) is 4.80. The zero-order valence-corrected chi connectivity index (χ0v) is 9.56. The Morgan fingerprint density at radius 2 is 2.00 bits per heavy atom. The van der Waals surface area contributed by atoms with E-state index in [0.717, 1.165) is 17.5 Å². The highest BCUT2D eigenvalue weighted by molar-refractivity contribution is 5.47. The van der Waals surface area contributed by atoms with Crippen molar-refractivity contribution in [2.75, 3.05) is 0 Å². The molecule has 1 unspecified atom stereocenters. The molecule has 1 aromatic carbocycles. The molecule has 0 aromatic heterocycles. The molecule has 0 saturated heterocycles. The summed E-state index contributed by atoms with van der Waals surface area (Å²) in [5.41, 5.74) is 2.25. The molecule has 0 aliphatic carbocycles. The van der Waals surface area contributed by atoms with E-state index < -0.39 is 6.10 Å². The Bertz CT molecular complexity index is 361. The Hall–Kier alpha value is -1.54. The van der Waals surface area contributed by atoms with Crippen molar-refractivity contribution in [1.82, 2.24) is 0 Å². The summed E-state index contributed by atoms with van der Waals surface area (Å²) in [7, 11) is 0. The maximum Gasteiger partial charge on any atom is 0.0911 e. The number of benzene rings is 1. The number of hydrogen-bond donors (Lipinski definition) is 2. The zero-order valence-electron chi connectivity index (χ0n) is 9.56. The first kappa shape index (κ1) is 12.5. The van der Waals surface area contributed by atoms with Crippen LogP contribution in [0.5, 0.6) is 0 Å². The number of allylic oxidation sites excluding steroid dienone is 1. The summed E-state index contributed by atoms with van der Waals surface area (Å²) in [6.45, 7) is 5.31. The fraction of sp³-hybridized carbons (Fsp3) is 0.286. The third-order valence-corrected chi connectivity index (χ3v) is 2.32. The maximum atomic E-state index is 9.47. The van der Waals surface area contributed by atoms with Crippen LogP contribution in [0.1, 0.15) is 24.5 Å². The van der Waals surface area contributed by atoms with Crippen molar-refractivity contribution in [3.8, 4) is 0 Å². The fourth-order valence-corrected chi connectivity index (χ4v) is 1.45. The predicted octanol–water partition coefficient (Wildman–Crippen LogP) is 3.08. The van der Waals surface area contributed by atoms with Gasteiger partial charge in [0, 0.05) is 6.42 Å². The second-order valence-corrected chi connectivity index (χ2v) is 3.84. The molecule has 0 heterocycles. The van der Waals surface area contributed by atoms with Crippen molar-refractivity contribution in [2.24, 2.45) is 0 Å². The van der Waals surface area contributed by atoms with E-state index in [1.807, 2.05) is 24.3 Å². The van der Waals surface area contributed by atoms with Gasteiger partial charge in [-0.3, -0.25) is 0 Å². The lowest BCUT2D eigenvalue weighted by Crippen LogP contribution is -1.97. The van der Waals surface area contributed by atoms with Crippen LogP contribution in [0.25, 0.3) is 6.08 Å². The highest BCUT2D eigenvalue weighted by atomic mass is 16.3. The second kappa shape index (κ2) is 6.13. The molecule has 1 rings (SSSR count). The molecule has 86 valence electrons. The summed E-state index contributed by atoms with van der Waals surface area (Å²) in [5, 5.41) is 18.5. The number of aryl methyl sites for hydroxylation is 1. The molecular formula is C14H18O2. The number of rotatable bonds is 5. The van der Waals surface area contributed by atoms with Gasteiger partial charge < -0.3 is 10.2 Å². The molecule has 0 aliphatic rings. The van der Waals surface area contributed by atoms with Crippen LogP contribution < -0.4 is 0 Å². The first-order valence-electron chi connectivity index (χ1n) is 5.41. The van der Waals surface area contributed by atoms with Gasteiger partial charge in [0.2, 0.25) is 0 Å². The summed E-state index contributed by atoms with van der Waals surface area (Å²) < 4.78 is 0. The average molecular weight is 218 g/mol. The molecule has 16 heavy (non-hydrogen) atoms. The SMILES string of the molecule is C=Cc1ccc(CC/C(O)=C/C(C)O)cc1.